The first kappa shape index (κ1) is 16.0. The van der Waals surface area contributed by atoms with Gasteiger partial charge in [-0.1, -0.05) is 34.8 Å². The second-order valence-corrected chi connectivity index (χ2v) is 5.51. The molecule has 110 valence electrons. The molecule has 3 nitrogen and oxygen atoms in total. The lowest BCUT2D eigenvalue weighted by molar-refractivity contribution is 0.103. The van der Waals surface area contributed by atoms with Gasteiger partial charge in [-0.25, -0.2) is 0 Å². The average molecular weight is 345 g/mol. The molecule has 2 aromatic rings. The molecule has 0 radical (unpaired) electrons. The molecular formula is C15H12Cl3NO2. The van der Waals surface area contributed by atoms with E-state index in [0.717, 1.165) is 0 Å². The molecule has 2 aromatic carbocycles. The van der Waals surface area contributed by atoms with Gasteiger partial charge in [0.25, 0.3) is 0 Å². The van der Waals surface area contributed by atoms with Gasteiger partial charge in [-0.3, -0.25) is 4.79 Å². The quantitative estimate of drug-likeness (QED) is 0.636. The van der Waals surface area contributed by atoms with Crippen LogP contribution in [0.3, 0.4) is 0 Å². The van der Waals surface area contributed by atoms with Crippen LogP contribution >= 0.6 is 34.8 Å². The molecule has 0 unspecified atom stereocenters. The highest BCUT2D eigenvalue weighted by Gasteiger charge is 2.18. The SMILES string of the molecule is CCOc1cc(Cl)c(C(=O)c2cc(Cl)ccc2N)cc1Cl. The molecular weight excluding hydrogens is 333 g/mol. The lowest BCUT2D eigenvalue weighted by Gasteiger charge is -2.11. The number of rotatable bonds is 4. The van der Waals surface area contributed by atoms with Crippen LogP contribution in [0.5, 0.6) is 5.75 Å². The van der Waals surface area contributed by atoms with E-state index >= 15 is 0 Å². The normalized spacial score (nSPS) is 10.5. The van der Waals surface area contributed by atoms with E-state index < -0.39 is 0 Å². The minimum Gasteiger partial charge on any atom is -0.492 e. The van der Waals surface area contributed by atoms with Gasteiger partial charge in [0.1, 0.15) is 5.75 Å². The van der Waals surface area contributed by atoms with Gasteiger partial charge in [0, 0.05) is 27.9 Å². The zero-order chi connectivity index (χ0) is 15.6. The maximum Gasteiger partial charge on any atom is 0.196 e. The first-order chi connectivity index (χ1) is 9.93. The third kappa shape index (κ3) is 3.43. The van der Waals surface area contributed by atoms with Crippen molar-refractivity contribution in [1.82, 2.24) is 0 Å². The summed E-state index contributed by atoms with van der Waals surface area (Å²) in [7, 11) is 0. The van der Waals surface area contributed by atoms with Gasteiger partial charge in [0.05, 0.1) is 16.7 Å². The summed E-state index contributed by atoms with van der Waals surface area (Å²) in [6, 6.07) is 7.67. The van der Waals surface area contributed by atoms with Crippen LogP contribution in [-0.4, -0.2) is 12.4 Å². The van der Waals surface area contributed by atoms with Gasteiger partial charge in [0.2, 0.25) is 0 Å². The summed E-state index contributed by atoms with van der Waals surface area (Å²) < 4.78 is 5.33. The summed E-state index contributed by atoms with van der Waals surface area (Å²) in [5.41, 5.74) is 6.67. The van der Waals surface area contributed by atoms with E-state index in [1.54, 1.807) is 12.1 Å². The lowest BCUT2D eigenvalue weighted by Crippen LogP contribution is -2.06. The number of ketones is 1. The molecule has 2 rings (SSSR count). The van der Waals surface area contributed by atoms with Gasteiger partial charge in [-0.15, -0.1) is 0 Å². The summed E-state index contributed by atoms with van der Waals surface area (Å²) in [6.07, 6.45) is 0. The fourth-order valence-electron chi connectivity index (χ4n) is 1.84. The van der Waals surface area contributed by atoms with Crippen molar-refractivity contribution in [3.05, 3.63) is 56.5 Å². The van der Waals surface area contributed by atoms with Gasteiger partial charge in [-0.2, -0.15) is 0 Å². The number of benzene rings is 2. The monoisotopic (exact) mass is 343 g/mol. The van der Waals surface area contributed by atoms with Crippen LogP contribution in [0, 0.1) is 0 Å². The van der Waals surface area contributed by atoms with E-state index in [9.17, 15) is 4.79 Å². The summed E-state index contributed by atoms with van der Waals surface area (Å²) in [4.78, 5) is 12.5. The Morgan fingerprint density at radius 3 is 2.48 bits per heavy atom. The average Bonchev–Trinajstić information content (AvgIpc) is 2.44. The number of nitrogen functional groups attached to an aromatic ring is 1. The number of ether oxygens (including phenoxy) is 1. The molecule has 0 fully saturated rings. The Labute approximate surface area is 137 Å². The number of halogens is 3. The lowest BCUT2D eigenvalue weighted by atomic mass is 10.0. The largest absolute Gasteiger partial charge is 0.492 e. The predicted molar refractivity (Wildman–Crippen MR) is 86.9 cm³/mol. The fourth-order valence-corrected chi connectivity index (χ4v) is 2.47. The van der Waals surface area contributed by atoms with Gasteiger partial charge in [-0.05, 0) is 31.2 Å². The van der Waals surface area contributed by atoms with Crippen molar-refractivity contribution in [3.63, 3.8) is 0 Å². The number of hydrogen-bond donors (Lipinski definition) is 1. The molecule has 0 aliphatic rings. The zero-order valence-electron chi connectivity index (χ0n) is 11.1. The summed E-state index contributed by atoms with van der Waals surface area (Å²) in [6.45, 7) is 2.28. The number of hydrogen-bond acceptors (Lipinski definition) is 3. The Morgan fingerprint density at radius 2 is 1.81 bits per heavy atom. The number of carbonyl (C=O) groups is 1. The van der Waals surface area contributed by atoms with Crippen molar-refractivity contribution in [3.8, 4) is 5.75 Å². The van der Waals surface area contributed by atoms with E-state index in [-0.39, 0.29) is 21.9 Å². The number of anilines is 1. The molecule has 0 aromatic heterocycles. The maximum absolute atomic E-state index is 12.5. The smallest absolute Gasteiger partial charge is 0.196 e. The van der Waals surface area contributed by atoms with Gasteiger partial charge >= 0.3 is 0 Å². The zero-order valence-corrected chi connectivity index (χ0v) is 13.4. The van der Waals surface area contributed by atoms with Crippen LogP contribution in [0.2, 0.25) is 15.1 Å². The Hall–Kier alpha value is -1.42. The molecule has 0 aliphatic heterocycles. The Kier molecular flexibility index (Phi) is 4.99. The summed E-state index contributed by atoms with van der Waals surface area (Å²) in [5, 5.41) is 0.970. The Balaban J connectivity index is 2.49. The third-order valence-corrected chi connectivity index (χ3v) is 3.67. The molecule has 0 atom stereocenters. The summed E-state index contributed by atoms with van der Waals surface area (Å²) >= 11 is 18.1. The minimum atomic E-state index is -0.343. The van der Waals surface area contributed by atoms with Gasteiger partial charge in [0.15, 0.2) is 5.78 Å². The standard InChI is InChI=1S/C15H12Cl3NO2/c1-2-21-14-7-11(17)9(6-12(14)18)15(20)10-5-8(16)3-4-13(10)19/h3-7H,2,19H2,1H3. The van der Waals surface area contributed by atoms with Crippen LogP contribution in [0.25, 0.3) is 0 Å². The van der Waals surface area contributed by atoms with E-state index in [4.69, 9.17) is 45.3 Å². The molecule has 0 spiro atoms. The second kappa shape index (κ2) is 6.56. The van der Waals surface area contributed by atoms with Crippen LogP contribution in [-0.2, 0) is 0 Å². The Bertz CT molecular complexity index is 702. The van der Waals surface area contributed by atoms with Crippen molar-refractivity contribution >= 4 is 46.3 Å². The molecule has 2 N–H and O–H groups in total. The predicted octanol–water partition coefficient (Wildman–Crippen LogP) is 4.86. The molecule has 0 saturated heterocycles. The summed E-state index contributed by atoms with van der Waals surface area (Å²) in [5.74, 6) is 0.0877. The molecule has 6 heteroatoms. The third-order valence-electron chi connectivity index (χ3n) is 2.83. The first-order valence-corrected chi connectivity index (χ1v) is 7.29. The van der Waals surface area contributed by atoms with Crippen molar-refractivity contribution in [2.24, 2.45) is 0 Å². The second-order valence-electron chi connectivity index (χ2n) is 4.26. The van der Waals surface area contributed by atoms with Crippen molar-refractivity contribution < 1.29 is 9.53 Å². The van der Waals surface area contributed by atoms with Crippen LogP contribution in [0.15, 0.2) is 30.3 Å². The topological polar surface area (TPSA) is 52.3 Å². The maximum atomic E-state index is 12.5. The highest BCUT2D eigenvalue weighted by Crippen LogP contribution is 2.33. The Morgan fingerprint density at radius 1 is 1.10 bits per heavy atom. The van der Waals surface area contributed by atoms with E-state index in [0.29, 0.717) is 28.1 Å². The number of nitrogens with two attached hydrogens (primary N) is 1. The molecule has 0 aliphatic carbocycles. The van der Waals surface area contributed by atoms with Crippen molar-refractivity contribution in [2.45, 2.75) is 6.92 Å². The molecule has 0 saturated carbocycles. The van der Waals surface area contributed by atoms with Crippen molar-refractivity contribution in [1.29, 1.82) is 0 Å². The van der Waals surface area contributed by atoms with Crippen LogP contribution < -0.4 is 10.5 Å². The molecule has 0 bridgehead atoms. The van der Waals surface area contributed by atoms with E-state index in [1.807, 2.05) is 6.92 Å². The molecule has 21 heavy (non-hydrogen) atoms. The highest BCUT2D eigenvalue weighted by atomic mass is 35.5. The van der Waals surface area contributed by atoms with E-state index in [1.165, 1.54) is 18.2 Å². The van der Waals surface area contributed by atoms with Gasteiger partial charge < -0.3 is 10.5 Å². The van der Waals surface area contributed by atoms with Crippen LogP contribution in [0.1, 0.15) is 22.8 Å². The first-order valence-electron chi connectivity index (χ1n) is 6.15. The number of carbonyl (C=O) groups excluding carboxylic acids is 1. The molecule has 0 heterocycles. The minimum absolute atomic E-state index is 0.243. The van der Waals surface area contributed by atoms with Crippen LogP contribution in [0.4, 0.5) is 5.69 Å². The highest BCUT2D eigenvalue weighted by molar-refractivity contribution is 6.38. The fraction of sp³-hybridized carbons (Fsp3) is 0.133. The molecule has 0 amide bonds. The van der Waals surface area contributed by atoms with Crippen molar-refractivity contribution in [2.75, 3.05) is 12.3 Å². The van der Waals surface area contributed by atoms with E-state index in [2.05, 4.69) is 0 Å².